The van der Waals surface area contributed by atoms with Crippen LogP contribution in [0.3, 0.4) is 0 Å². The van der Waals surface area contributed by atoms with Gasteiger partial charge >= 0.3 is 6.03 Å². The molecule has 9 nitrogen and oxygen atoms in total. The molecule has 0 spiro atoms. The number of nitrogens with one attached hydrogen (secondary N) is 3. The Morgan fingerprint density at radius 3 is 2.59 bits per heavy atom. The van der Waals surface area contributed by atoms with Crippen LogP contribution in [0, 0.1) is 10.1 Å². The molecule has 0 saturated carbocycles. The summed E-state index contributed by atoms with van der Waals surface area (Å²) in [5.41, 5.74) is 1.73. The van der Waals surface area contributed by atoms with Crippen LogP contribution in [-0.4, -0.2) is 36.5 Å². The SMILES string of the molecule is O=C(CCNc1ccccc1[N+](=O)[O-])Nc1ccc(N2CCNC2=O)cc1. The Kier molecular flexibility index (Phi) is 5.50. The Bertz CT molecular complexity index is 853. The van der Waals surface area contributed by atoms with Crippen molar-refractivity contribution in [2.45, 2.75) is 6.42 Å². The molecule has 1 heterocycles. The first-order valence-electron chi connectivity index (χ1n) is 8.47. The maximum atomic E-state index is 12.1. The zero-order valence-corrected chi connectivity index (χ0v) is 14.5. The van der Waals surface area contributed by atoms with Gasteiger partial charge in [-0.05, 0) is 30.3 Å². The number of urea groups is 1. The van der Waals surface area contributed by atoms with Crippen LogP contribution in [0.1, 0.15) is 6.42 Å². The van der Waals surface area contributed by atoms with Gasteiger partial charge in [0.25, 0.3) is 5.69 Å². The standard InChI is InChI=1S/C18H19N5O4/c24-17(9-10-19-15-3-1-2-4-16(15)23(26)27)21-13-5-7-14(8-6-13)22-12-11-20-18(22)25/h1-8,19H,9-12H2,(H,20,25)(H,21,24). The molecular weight excluding hydrogens is 350 g/mol. The summed E-state index contributed by atoms with van der Waals surface area (Å²) in [6, 6.07) is 13.2. The maximum Gasteiger partial charge on any atom is 0.321 e. The summed E-state index contributed by atoms with van der Waals surface area (Å²) in [5, 5.41) is 19.4. The van der Waals surface area contributed by atoms with Gasteiger partial charge in [0.1, 0.15) is 5.69 Å². The average molecular weight is 369 g/mol. The average Bonchev–Trinajstić information content (AvgIpc) is 3.08. The van der Waals surface area contributed by atoms with Crippen LogP contribution in [0.15, 0.2) is 48.5 Å². The fourth-order valence-corrected chi connectivity index (χ4v) is 2.76. The fourth-order valence-electron chi connectivity index (χ4n) is 2.76. The van der Waals surface area contributed by atoms with E-state index in [9.17, 15) is 19.7 Å². The number of amides is 3. The van der Waals surface area contributed by atoms with E-state index in [-0.39, 0.29) is 30.6 Å². The van der Waals surface area contributed by atoms with Crippen molar-refractivity contribution < 1.29 is 14.5 Å². The first kappa shape index (κ1) is 18.2. The van der Waals surface area contributed by atoms with Crippen molar-refractivity contribution in [2.24, 2.45) is 0 Å². The highest BCUT2D eigenvalue weighted by atomic mass is 16.6. The largest absolute Gasteiger partial charge is 0.379 e. The van der Waals surface area contributed by atoms with Gasteiger partial charge in [-0.1, -0.05) is 12.1 Å². The van der Waals surface area contributed by atoms with E-state index in [1.165, 1.54) is 6.07 Å². The number of carbonyl (C=O) groups is 2. The first-order valence-corrected chi connectivity index (χ1v) is 8.47. The van der Waals surface area contributed by atoms with E-state index in [0.29, 0.717) is 24.5 Å². The number of para-hydroxylation sites is 2. The summed E-state index contributed by atoms with van der Waals surface area (Å²) in [6.45, 7) is 1.49. The van der Waals surface area contributed by atoms with Gasteiger partial charge in [0, 0.05) is 43.5 Å². The number of rotatable bonds is 7. The van der Waals surface area contributed by atoms with Crippen molar-refractivity contribution in [3.8, 4) is 0 Å². The van der Waals surface area contributed by atoms with Gasteiger partial charge in [-0.2, -0.15) is 0 Å². The lowest BCUT2D eigenvalue weighted by Gasteiger charge is -2.14. The number of nitro benzene ring substituents is 1. The van der Waals surface area contributed by atoms with Crippen molar-refractivity contribution in [2.75, 3.05) is 35.2 Å². The number of nitro groups is 1. The number of hydrogen-bond donors (Lipinski definition) is 3. The van der Waals surface area contributed by atoms with E-state index in [4.69, 9.17) is 0 Å². The molecule has 0 atom stereocenters. The fraction of sp³-hybridized carbons (Fsp3) is 0.222. The number of carbonyl (C=O) groups excluding carboxylic acids is 2. The zero-order valence-electron chi connectivity index (χ0n) is 14.5. The minimum Gasteiger partial charge on any atom is -0.379 e. The Morgan fingerprint density at radius 2 is 1.93 bits per heavy atom. The summed E-state index contributed by atoms with van der Waals surface area (Å²) in [4.78, 5) is 35.8. The van der Waals surface area contributed by atoms with Crippen molar-refractivity contribution in [3.05, 3.63) is 58.6 Å². The summed E-state index contributed by atoms with van der Waals surface area (Å²) in [6.07, 6.45) is 0.155. The number of nitrogens with zero attached hydrogens (tertiary/aromatic N) is 2. The van der Waals surface area contributed by atoms with E-state index in [0.717, 1.165) is 5.69 Å². The molecule has 3 N–H and O–H groups in total. The molecule has 0 unspecified atom stereocenters. The molecule has 1 saturated heterocycles. The van der Waals surface area contributed by atoms with Crippen LogP contribution in [0.2, 0.25) is 0 Å². The lowest BCUT2D eigenvalue weighted by molar-refractivity contribution is -0.384. The van der Waals surface area contributed by atoms with Crippen LogP contribution in [0.5, 0.6) is 0 Å². The molecule has 0 aliphatic carbocycles. The Morgan fingerprint density at radius 1 is 1.19 bits per heavy atom. The Labute approximate surface area is 155 Å². The van der Waals surface area contributed by atoms with E-state index >= 15 is 0 Å². The van der Waals surface area contributed by atoms with Crippen LogP contribution in [-0.2, 0) is 4.79 Å². The normalized spacial score (nSPS) is 13.2. The van der Waals surface area contributed by atoms with Crippen LogP contribution >= 0.6 is 0 Å². The van der Waals surface area contributed by atoms with E-state index in [2.05, 4.69) is 16.0 Å². The second-order valence-electron chi connectivity index (χ2n) is 5.93. The first-order chi connectivity index (χ1) is 13.0. The van der Waals surface area contributed by atoms with Gasteiger partial charge in [-0.25, -0.2) is 4.79 Å². The highest BCUT2D eigenvalue weighted by Crippen LogP contribution is 2.23. The third kappa shape index (κ3) is 4.51. The molecule has 0 aromatic heterocycles. The zero-order chi connectivity index (χ0) is 19.2. The molecule has 3 rings (SSSR count). The van der Waals surface area contributed by atoms with Crippen molar-refractivity contribution in [1.29, 1.82) is 0 Å². The lowest BCUT2D eigenvalue weighted by Crippen LogP contribution is -2.27. The summed E-state index contributed by atoms with van der Waals surface area (Å²) in [5.74, 6) is -0.215. The molecule has 1 aliphatic rings. The molecule has 0 radical (unpaired) electrons. The number of benzene rings is 2. The summed E-state index contributed by atoms with van der Waals surface area (Å²) in [7, 11) is 0. The van der Waals surface area contributed by atoms with Gasteiger partial charge in [0.2, 0.25) is 5.91 Å². The third-order valence-corrected chi connectivity index (χ3v) is 4.09. The molecule has 9 heteroatoms. The topological polar surface area (TPSA) is 117 Å². The minimum absolute atomic E-state index is 0.0283. The van der Waals surface area contributed by atoms with Crippen molar-refractivity contribution >= 4 is 34.7 Å². The van der Waals surface area contributed by atoms with Crippen LogP contribution < -0.4 is 20.9 Å². The molecule has 2 aromatic carbocycles. The summed E-state index contributed by atoms with van der Waals surface area (Å²) >= 11 is 0. The molecule has 140 valence electrons. The van der Waals surface area contributed by atoms with Crippen LogP contribution in [0.4, 0.5) is 27.5 Å². The second-order valence-corrected chi connectivity index (χ2v) is 5.93. The molecule has 3 amide bonds. The van der Waals surface area contributed by atoms with Crippen LogP contribution in [0.25, 0.3) is 0 Å². The van der Waals surface area contributed by atoms with Crippen molar-refractivity contribution in [3.63, 3.8) is 0 Å². The highest BCUT2D eigenvalue weighted by molar-refractivity contribution is 5.95. The third-order valence-electron chi connectivity index (χ3n) is 4.09. The van der Waals surface area contributed by atoms with E-state index in [1.54, 1.807) is 47.4 Å². The minimum atomic E-state index is -0.468. The van der Waals surface area contributed by atoms with Gasteiger partial charge < -0.3 is 16.0 Å². The molecule has 0 bridgehead atoms. The number of anilines is 3. The highest BCUT2D eigenvalue weighted by Gasteiger charge is 2.20. The predicted octanol–water partition coefficient (Wildman–Crippen LogP) is 2.57. The monoisotopic (exact) mass is 369 g/mol. The lowest BCUT2D eigenvalue weighted by atomic mass is 10.2. The van der Waals surface area contributed by atoms with Gasteiger partial charge in [0.15, 0.2) is 0 Å². The maximum absolute atomic E-state index is 12.1. The van der Waals surface area contributed by atoms with Gasteiger partial charge in [0.05, 0.1) is 4.92 Å². The van der Waals surface area contributed by atoms with Gasteiger partial charge in [-0.15, -0.1) is 0 Å². The van der Waals surface area contributed by atoms with E-state index in [1.807, 2.05) is 0 Å². The predicted molar refractivity (Wildman–Crippen MR) is 102 cm³/mol. The molecule has 2 aromatic rings. The van der Waals surface area contributed by atoms with E-state index < -0.39 is 4.92 Å². The molecule has 1 aliphatic heterocycles. The smallest absolute Gasteiger partial charge is 0.321 e. The second kappa shape index (κ2) is 8.17. The quantitative estimate of drug-likeness (QED) is 0.512. The molecule has 27 heavy (non-hydrogen) atoms. The summed E-state index contributed by atoms with van der Waals surface area (Å²) < 4.78 is 0. The van der Waals surface area contributed by atoms with Gasteiger partial charge in [-0.3, -0.25) is 19.8 Å². The Balaban J connectivity index is 1.50. The molecule has 1 fully saturated rings. The number of hydrogen-bond acceptors (Lipinski definition) is 5. The van der Waals surface area contributed by atoms with Crippen molar-refractivity contribution in [1.82, 2.24) is 5.32 Å². The Hall–Kier alpha value is -3.62. The molecular formula is C18H19N5O4.